The topological polar surface area (TPSA) is 72.5 Å². The Morgan fingerprint density at radius 1 is 1.32 bits per heavy atom. The highest BCUT2D eigenvalue weighted by atomic mass is 79.9. The highest BCUT2D eigenvalue weighted by Gasteiger charge is 2.23. The molecule has 0 aliphatic heterocycles. The van der Waals surface area contributed by atoms with Gasteiger partial charge in [-0.25, -0.2) is 13.1 Å². The number of amides is 1. The summed E-state index contributed by atoms with van der Waals surface area (Å²) in [5.74, 6) is -0.286. The van der Waals surface area contributed by atoms with Crippen LogP contribution in [0.4, 0.5) is 0 Å². The van der Waals surface area contributed by atoms with Crippen LogP contribution in [0.25, 0.3) is 0 Å². The van der Waals surface area contributed by atoms with Gasteiger partial charge in [0.2, 0.25) is 10.0 Å². The molecule has 22 heavy (non-hydrogen) atoms. The molecule has 0 aromatic heterocycles. The Balaban J connectivity index is 2.62. The summed E-state index contributed by atoms with van der Waals surface area (Å²) in [6.45, 7) is 7.35. The first-order valence-corrected chi connectivity index (χ1v) is 9.40. The summed E-state index contributed by atoms with van der Waals surface area (Å²) < 4.78 is 32.1. The summed E-state index contributed by atoms with van der Waals surface area (Å²) in [5, 5.41) is 0. The number of carbonyl (C=O) groups is 1. The van der Waals surface area contributed by atoms with E-state index in [0.29, 0.717) is 16.6 Å². The van der Waals surface area contributed by atoms with Crippen LogP contribution < -0.4 is 9.46 Å². The minimum absolute atomic E-state index is 0.0933. The van der Waals surface area contributed by atoms with Gasteiger partial charge in [0.15, 0.2) is 6.10 Å². The Labute approximate surface area is 140 Å². The molecule has 0 heterocycles. The van der Waals surface area contributed by atoms with Crippen molar-refractivity contribution >= 4 is 31.9 Å². The molecule has 124 valence electrons. The fourth-order valence-electron chi connectivity index (χ4n) is 1.51. The second-order valence-corrected chi connectivity index (χ2v) is 8.98. The molecule has 7 heteroatoms. The van der Waals surface area contributed by atoms with Gasteiger partial charge >= 0.3 is 0 Å². The average Bonchev–Trinajstić information content (AvgIpc) is 2.38. The van der Waals surface area contributed by atoms with Crippen LogP contribution in [0.15, 0.2) is 28.7 Å². The van der Waals surface area contributed by atoms with E-state index in [1.54, 1.807) is 18.2 Å². The molecule has 1 amide bonds. The zero-order valence-electron chi connectivity index (χ0n) is 13.2. The van der Waals surface area contributed by atoms with Crippen molar-refractivity contribution in [2.45, 2.75) is 40.2 Å². The molecule has 1 unspecified atom stereocenters. The third kappa shape index (κ3) is 6.79. The SMILES string of the molecule is CC(Oc1ccccc1Br)C(=O)NS(=O)(=O)CCC(C)(C)C. The summed E-state index contributed by atoms with van der Waals surface area (Å²) in [5.41, 5.74) is -0.116. The van der Waals surface area contributed by atoms with Crippen molar-refractivity contribution in [1.29, 1.82) is 0 Å². The lowest BCUT2D eigenvalue weighted by Crippen LogP contribution is -2.41. The first kappa shape index (κ1) is 19.0. The number of nitrogens with one attached hydrogen (secondary N) is 1. The smallest absolute Gasteiger partial charge is 0.274 e. The summed E-state index contributed by atoms with van der Waals surface area (Å²) in [7, 11) is -3.65. The van der Waals surface area contributed by atoms with Gasteiger partial charge in [-0.05, 0) is 46.8 Å². The number of rotatable bonds is 6. The Bertz CT molecular complexity index is 623. The van der Waals surface area contributed by atoms with Crippen molar-refractivity contribution < 1.29 is 17.9 Å². The molecule has 0 aliphatic rings. The van der Waals surface area contributed by atoms with Gasteiger partial charge in [-0.15, -0.1) is 0 Å². The molecule has 5 nitrogen and oxygen atoms in total. The fourth-order valence-corrected chi connectivity index (χ4v) is 3.35. The molecule has 0 radical (unpaired) electrons. The van der Waals surface area contributed by atoms with Gasteiger partial charge < -0.3 is 4.74 Å². The van der Waals surface area contributed by atoms with E-state index < -0.39 is 22.0 Å². The van der Waals surface area contributed by atoms with Crippen LogP contribution in [-0.2, 0) is 14.8 Å². The number of benzene rings is 1. The minimum atomic E-state index is -3.65. The first-order chi connectivity index (χ1) is 10.0. The van der Waals surface area contributed by atoms with Crippen LogP contribution >= 0.6 is 15.9 Å². The predicted molar refractivity (Wildman–Crippen MR) is 90.2 cm³/mol. The molecular weight excluding hydrogens is 370 g/mol. The van der Waals surface area contributed by atoms with Crippen LogP contribution in [0.5, 0.6) is 5.75 Å². The van der Waals surface area contributed by atoms with Crippen LogP contribution in [0.3, 0.4) is 0 Å². The summed E-state index contributed by atoms with van der Waals surface area (Å²) in [6, 6.07) is 7.06. The molecule has 0 saturated carbocycles. The summed E-state index contributed by atoms with van der Waals surface area (Å²) in [6.07, 6.45) is -0.446. The van der Waals surface area contributed by atoms with E-state index in [0.717, 1.165) is 0 Å². The molecule has 0 fully saturated rings. The third-order valence-electron chi connectivity index (χ3n) is 2.89. The molecule has 0 spiro atoms. The van der Waals surface area contributed by atoms with Crippen LogP contribution in [-0.4, -0.2) is 26.2 Å². The van der Waals surface area contributed by atoms with E-state index in [4.69, 9.17) is 4.74 Å². The van der Waals surface area contributed by atoms with E-state index in [-0.39, 0.29) is 11.2 Å². The number of hydrogen-bond acceptors (Lipinski definition) is 4. The molecule has 0 saturated heterocycles. The highest BCUT2D eigenvalue weighted by Crippen LogP contribution is 2.25. The van der Waals surface area contributed by atoms with Crippen molar-refractivity contribution in [3.05, 3.63) is 28.7 Å². The van der Waals surface area contributed by atoms with Crippen molar-refractivity contribution in [3.8, 4) is 5.75 Å². The lowest BCUT2D eigenvalue weighted by atomic mass is 9.94. The number of para-hydroxylation sites is 1. The predicted octanol–water partition coefficient (Wildman–Crippen LogP) is 3.10. The van der Waals surface area contributed by atoms with Crippen LogP contribution in [0.1, 0.15) is 34.1 Å². The molecule has 0 bridgehead atoms. The van der Waals surface area contributed by atoms with E-state index in [9.17, 15) is 13.2 Å². The van der Waals surface area contributed by atoms with E-state index in [1.807, 2.05) is 26.8 Å². The normalized spacial score (nSPS) is 13.5. The standard InChI is InChI=1S/C15H22BrNO4S/c1-11(21-13-8-6-5-7-12(13)16)14(18)17-22(19,20)10-9-15(2,3)4/h5-8,11H,9-10H2,1-4H3,(H,17,18). The van der Waals surface area contributed by atoms with E-state index >= 15 is 0 Å². The van der Waals surface area contributed by atoms with Gasteiger partial charge in [-0.1, -0.05) is 32.9 Å². The minimum Gasteiger partial charge on any atom is -0.480 e. The average molecular weight is 392 g/mol. The van der Waals surface area contributed by atoms with Crippen molar-refractivity contribution in [2.75, 3.05) is 5.75 Å². The van der Waals surface area contributed by atoms with E-state index in [2.05, 4.69) is 20.7 Å². The van der Waals surface area contributed by atoms with Gasteiger partial charge in [-0.3, -0.25) is 4.79 Å². The zero-order valence-corrected chi connectivity index (χ0v) is 15.6. The molecule has 1 rings (SSSR count). The molecule has 1 aromatic rings. The second-order valence-electron chi connectivity index (χ2n) is 6.29. The molecule has 1 aromatic carbocycles. The van der Waals surface area contributed by atoms with Gasteiger partial charge in [0, 0.05) is 0 Å². The van der Waals surface area contributed by atoms with Crippen molar-refractivity contribution in [3.63, 3.8) is 0 Å². The van der Waals surface area contributed by atoms with Gasteiger partial charge in [-0.2, -0.15) is 0 Å². The lowest BCUT2D eigenvalue weighted by Gasteiger charge is -2.19. The quantitative estimate of drug-likeness (QED) is 0.808. The van der Waals surface area contributed by atoms with Crippen LogP contribution in [0, 0.1) is 5.41 Å². The number of hydrogen-bond donors (Lipinski definition) is 1. The highest BCUT2D eigenvalue weighted by molar-refractivity contribution is 9.10. The monoisotopic (exact) mass is 391 g/mol. The Hall–Kier alpha value is -1.08. The number of sulfonamides is 1. The van der Waals surface area contributed by atoms with Gasteiger partial charge in [0.1, 0.15) is 5.75 Å². The van der Waals surface area contributed by atoms with Crippen molar-refractivity contribution in [1.82, 2.24) is 4.72 Å². The maximum absolute atomic E-state index is 12.0. The second kappa shape index (κ2) is 7.46. The van der Waals surface area contributed by atoms with Crippen molar-refractivity contribution in [2.24, 2.45) is 5.41 Å². The Morgan fingerprint density at radius 3 is 2.45 bits per heavy atom. The fraction of sp³-hybridized carbons (Fsp3) is 0.533. The molecule has 1 atom stereocenters. The maximum atomic E-state index is 12.0. The number of carbonyl (C=O) groups excluding carboxylic acids is 1. The molecule has 1 N–H and O–H groups in total. The first-order valence-electron chi connectivity index (χ1n) is 6.96. The third-order valence-corrected chi connectivity index (χ3v) is 4.80. The lowest BCUT2D eigenvalue weighted by molar-refractivity contribution is -0.125. The summed E-state index contributed by atoms with van der Waals surface area (Å²) in [4.78, 5) is 12.0. The number of halogens is 1. The van der Waals surface area contributed by atoms with Gasteiger partial charge in [0.05, 0.1) is 10.2 Å². The Kier molecular flexibility index (Phi) is 6.43. The molecule has 0 aliphatic carbocycles. The van der Waals surface area contributed by atoms with E-state index in [1.165, 1.54) is 6.92 Å². The molecular formula is C15H22BrNO4S. The summed E-state index contributed by atoms with van der Waals surface area (Å²) >= 11 is 3.31. The number of ether oxygens (including phenoxy) is 1. The van der Waals surface area contributed by atoms with Gasteiger partial charge in [0.25, 0.3) is 5.91 Å². The maximum Gasteiger partial charge on any atom is 0.274 e. The van der Waals surface area contributed by atoms with Crippen LogP contribution in [0.2, 0.25) is 0 Å². The Morgan fingerprint density at radius 2 is 1.91 bits per heavy atom. The zero-order chi connectivity index (χ0) is 17.0. The largest absolute Gasteiger partial charge is 0.480 e.